The quantitative estimate of drug-likeness (QED) is 0.889. The van der Waals surface area contributed by atoms with Gasteiger partial charge < -0.3 is 5.11 Å². The van der Waals surface area contributed by atoms with Gasteiger partial charge in [0.05, 0.1) is 0 Å². The minimum absolute atomic E-state index is 0.232. The summed E-state index contributed by atoms with van der Waals surface area (Å²) < 4.78 is 0. The minimum Gasteiger partial charge on any atom is -0.481 e. The fourth-order valence-corrected chi connectivity index (χ4v) is 3.65. The Kier molecular flexibility index (Phi) is 3.98. The molecule has 0 heterocycles. The lowest BCUT2D eigenvalue weighted by atomic mass is 9.76. The molecule has 104 valence electrons. The fraction of sp³-hybridized carbons (Fsp3) is 0.588. The van der Waals surface area contributed by atoms with Crippen LogP contribution in [0.3, 0.4) is 0 Å². The molecule has 1 atom stereocenters. The summed E-state index contributed by atoms with van der Waals surface area (Å²) in [7, 11) is 0. The van der Waals surface area contributed by atoms with Crippen molar-refractivity contribution in [3.05, 3.63) is 33.4 Å². The van der Waals surface area contributed by atoms with Crippen LogP contribution in [0.1, 0.15) is 65.5 Å². The van der Waals surface area contributed by atoms with Crippen LogP contribution in [0.15, 0.2) is 0 Å². The van der Waals surface area contributed by atoms with Crippen molar-refractivity contribution in [2.45, 2.75) is 65.7 Å². The molecule has 1 aliphatic carbocycles. The fourth-order valence-electron chi connectivity index (χ4n) is 3.65. The molecule has 1 unspecified atom stereocenters. The van der Waals surface area contributed by atoms with Crippen LogP contribution < -0.4 is 0 Å². The largest absolute Gasteiger partial charge is 0.481 e. The molecule has 2 heteroatoms. The highest BCUT2D eigenvalue weighted by atomic mass is 16.4. The third kappa shape index (κ3) is 2.54. The molecule has 0 spiro atoms. The number of benzene rings is 1. The summed E-state index contributed by atoms with van der Waals surface area (Å²) in [6, 6.07) is 0. The van der Waals surface area contributed by atoms with Crippen molar-refractivity contribution in [2.75, 3.05) is 0 Å². The van der Waals surface area contributed by atoms with Crippen LogP contribution >= 0.6 is 0 Å². The summed E-state index contributed by atoms with van der Waals surface area (Å²) in [5, 5.41) is 8.91. The number of carboxylic acids is 1. The van der Waals surface area contributed by atoms with E-state index in [0.29, 0.717) is 12.3 Å². The van der Waals surface area contributed by atoms with E-state index in [1.54, 1.807) is 5.56 Å². The topological polar surface area (TPSA) is 37.3 Å². The van der Waals surface area contributed by atoms with Crippen LogP contribution in [-0.2, 0) is 17.6 Å². The molecule has 0 bridgehead atoms. The minimum atomic E-state index is -0.706. The zero-order chi connectivity index (χ0) is 14.2. The van der Waals surface area contributed by atoms with E-state index in [1.165, 1.54) is 40.7 Å². The molecule has 1 aliphatic rings. The van der Waals surface area contributed by atoms with Crippen molar-refractivity contribution in [2.24, 2.45) is 0 Å². The molecule has 0 saturated heterocycles. The number of aliphatic carboxylic acids is 1. The first-order chi connectivity index (χ1) is 8.93. The molecule has 0 amide bonds. The maximum atomic E-state index is 10.8. The molecule has 1 aromatic carbocycles. The molecule has 0 radical (unpaired) electrons. The highest BCUT2D eigenvalue weighted by molar-refractivity contribution is 5.67. The molecule has 1 N–H and O–H groups in total. The second kappa shape index (κ2) is 5.36. The van der Waals surface area contributed by atoms with Crippen LogP contribution in [0.5, 0.6) is 0 Å². The zero-order valence-electron chi connectivity index (χ0n) is 12.5. The van der Waals surface area contributed by atoms with E-state index >= 15 is 0 Å². The van der Waals surface area contributed by atoms with Gasteiger partial charge in [0.25, 0.3) is 0 Å². The maximum Gasteiger partial charge on any atom is 0.303 e. The average Bonchev–Trinajstić information content (AvgIpc) is 2.35. The molecular formula is C17H24O2. The lowest BCUT2D eigenvalue weighted by Crippen LogP contribution is -2.15. The van der Waals surface area contributed by atoms with Crippen LogP contribution in [-0.4, -0.2) is 11.1 Å². The number of carboxylic acid groups (broad SMARTS) is 1. The predicted molar refractivity (Wildman–Crippen MR) is 78.0 cm³/mol. The molecule has 1 aromatic rings. The van der Waals surface area contributed by atoms with Crippen LogP contribution in [0.25, 0.3) is 0 Å². The Morgan fingerprint density at radius 1 is 1.21 bits per heavy atom. The molecule has 2 nitrogen and oxygen atoms in total. The first-order valence-electron chi connectivity index (χ1n) is 7.26. The van der Waals surface area contributed by atoms with Crippen molar-refractivity contribution in [3.63, 3.8) is 0 Å². The van der Waals surface area contributed by atoms with Crippen molar-refractivity contribution in [1.29, 1.82) is 0 Å². The molecule has 19 heavy (non-hydrogen) atoms. The third-order valence-corrected chi connectivity index (χ3v) is 4.80. The Hall–Kier alpha value is -1.31. The van der Waals surface area contributed by atoms with Gasteiger partial charge in [-0.25, -0.2) is 0 Å². The van der Waals surface area contributed by atoms with E-state index in [0.717, 1.165) is 6.42 Å². The van der Waals surface area contributed by atoms with Gasteiger partial charge in [-0.3, -0.25) is 4.79 Å². The van der Waals surface area contributed by atoms with Gasteiger partial charge in [0, 0.05) is 6.42 Å². The molecular weight excluding hydrogens is 236 g/mol. The molecule has 2 rings (SSSR count). The number of rotatable bonds is 3. The van der Waals surface area contributed by atoms with E-state index in [4.69, 9.17) is 5.11 Å². The maximum absolute atomic E-state index is 10.8. The van der Waals surface area contributed by atoms with Crippen molar-refractivity contribution in [3.8, 4) is 0 Å². The van der Waals surface area contributed by atoms with E-state index in [1.807, 2.05) is 0 Å². The SMILES string of the molecule is Cc1c(C)c2c(c(C)c1CCC(=O)O)CCCC2C. The lowest BCUT2D eigenvalue weighted by Gasteiger charge is -2.29. The summed E-state index contributed by atoms with van der Waals surface area (Å²) >= 11 is 0. The highest BCUT2D eigenvalue weighted by Gasteiger charge is 2.23. The van der Waals surface area contributed by atoms with Gasteiger partial charge in [-0.1, -0.05) is 6.92 Å². The summed E-state index contributed by atoms with van der Waals surface area (Å²) in [6.07, 6.45) is 4.59. The van der Waals surface area contributed by atoms with Gasteiger partial charge in [-0.15, -0.1) is 0 Å². The van der Waals surface area contributed by atoms with Gasteiger partial charge in [-0.05, 0) is 85.8 Å². The number of hydrogen-bond donors (Lipinski definition) is 1. The van der Waals surface area contributed by atoms with Gasteiger partial charge in [-0.2, -0.15) is 0 Å². The van der Waals surface area contributed by atoms with Crippen LogP contribution in [0.4, 0.5) is 0 Å². The van der Waals surface area contributed by atoms with Gasteiger partial charge in [0.2, 0.25) is 0 Å². The molecule has 0 fully saturated rings. The second-order valence-corrected chi connectivity index (χ2v) is 5.93. The zero-order valence-corrected chi connectivity index (χ0v) is 12.5. The van der Waals surface area contributed by atoms with E-state index < -0.39 is 5.97 Å². The summed E-state index contributed by atoms with van der Waals surface area (Å²) in [5.41, 5.74) is 8.38. The highest BCUT2D eigenvalue weighted by Crippen LogP contribution is 2.38. The van der Waals surface area contributed by atoms with E-state index in [-0.39, 0.29) is 6.42 Å². The summed E-state index contributed by atoms with van der Waals surface area (Å²) in [5.74, 6) is -0.0581. The number of carbonyl (C=O) groups is 1. The molecule has 0 aliphatic heterocycles. The number of fused-ring (bicyclic) bond motifs is 1. The summed E-state index contributed by atoms with van der Waals surface area (Å²) in [6.45, 7) is 8.86. The lowest BCUT2D eigenvalue weighted by molar-refractivity contribution is -0.136. The van der Waals surface area contributed by atoms with Crippen molar-refractivity contribution < 1.29 is 9.90 Å². The summed E-state index contributed by atoms with van der Waals surface area (Å²) in [4.78, 5) is 10.8. The smallest absolute Gasteiger partial charge is 0.303 e. The van der Waals surface area contributed by atoms with Crippen molar-refractivity contribution >= 4 is 5.97 Å². The first-order valence-corrected chi connectivity index (χ1v) is 7.26. The third-order valence-electron chi connectivity index (χ3n) is 4.80. The normalized spacial score (nSPS) is 18.2. The van der Waals surface area contributed by atoms with Gasteiger partial charge >= 0.3 is 5.97 Å². The molecule has 0 aromatic heterocycles. The van der Waals surface area contributed by atoms with Gasteiger partial charge in [0.1, 0.15) is 0 Å². The van der Waals surface area contributed by atoms with Crippen molar-refractivity contribution in [1.82, 2.24) is 0 Å². The second-order valence-electron chi connectivity index (χ2n) is 5.93. The first kappa shape index (κ1) is 14.1. The monoisotopic (exact) mass is 260 g/mol. The Balaban J connectivity index is 2.52. The Labute approximate surface area is 115 Å². The Morgan fingerprint density at radius 2 is 1.89 bits per heavy atom. The Bertz CT molecular complexity index is 515. The average molecular weight is 260 g/mol. The van der Waals surface area contributed by atoms with E-state index in [9.17, 15) is 4.79 Å². The Morgan fingerprint density at radius 3 is 2.53 bits per heavy atom. The standard InChI is InChI=1S/C17H24O2/c1-10-6-5-7-15-13(4)14(8-9-16(18)19)11(2)12(3)17(10)15/h10H,5-9H2,1-4H3,(H,18,19). The molecule has 0 saturated carbocycles. The predicted octanol–water partition coefficient (Wildman–Crippen LogP) is 4.07. The van der Waals surface area contributed by atoms with Gasteiger partial charge in [0.15, 0.2) is 0 Å². The number of hydrogen-bond acceptors (Lipinski definition) is 1. The van der Waals surface area contributed by atoms with Crippen LogP contribution in [0, 0.1) is 20.8 Å². The van der Waals surface area contributed by atoms with Crippen LogP contribution in [0.2, 0.25) is 0 Å². The van der Waals surface area contributed by atoms with E-state index in [2.05, 4.69) is 27.7 Å².